The molecule has 0 saturated carbocycles. The molecule has 108 valence electrons. The average Bonchev–Trinajstić information content (AvgIpc) is 2.14. The molecule has 0 aromatic rings. The molecule has 4 heteroatoms. The van der Waals surface area contributed by atoms with E-state index in [9.17, 15) is 4.79 Å². The molecule has 0 amide bonds. The van der Waals surface area contributed by atoms with Gasteiger partial charge < -0.3 is 4.74 Å². The predicted molar refractivity (Wildman–Crippen MR) is 80.1 cm³/mol. The number of carbonyl (C=O) groups is 1. The molecule has 0 rings (SSSR count). The molecule has 0 heterocycles. The molecule has 0 aliphatic heterocycles. The van der Waals surface area contributed by atoms with Crippen LogP contribution in [0.1, 0.15) is 54.9 Å². The summed E-state index contributed by atoms with van der Waals surface area (Å²) in [5, 5.41) is 3.34. The minimum absolute atomic E-state index is 0.145. The van der Waals surface area contributed by atoms with Crippen LogP contribution in [0.3, 0.4) is 0 Å². The van der Waals surface area contributed by atoms with E-state index in [1.54, 1.807) is 0 Å². The normalized spacial score (nSPS) is 15.6. The van der Waals surface area contributed by atoms with Crippen molar-refractivity contribution in [1.29, 1.82) is 0 Å². The Balaban J connectivity index is 4.52. The van der Waals surface area contributed by atoms with Crippen molar-refractivity contribution < 1.29 is 9.53 Å². The topological polar surface area (TPSA) is 38.3 Å². The second-order valence-electron chi connectivity index (χ2n) is 6.06. The highest BCUT2D eigenvalue weighted by Crippen LogP contribution is 2.26. The van der Waals surface area contributed by atoms with Gasteiger partial charge in [-0.1, -0.05) is 20.8 Å². The van der Waals surface area contributed by atoms with Crippen LogP contribution in [0, 0.1) is 0 Å². The molecular formula is C14H29NO2S. The standard InChI is InChI=1S/C14H29NO2S/c1-8-17-12(16)14(7,15-11(2)3)9-10-18-13(4,5)6/h11,15H,8-10H2,1-7H3. The van der Waals surface area contributed by atoms with E-state index in [2.05, 4.69) is 26.1 Å². The predicted octanol–water partition coefficient (Wildman–Crippen LogP) is 3.23. The van der Waals surface area contributed by atoms with Gasteiger partial charge in [-0.25, -0.2) is 0 Å². The van der Waals surface area contributed by atoms with Gasteiger partial charge in [0.05, 0.1) is 6.61 Å². The fourth-order valence-corrected chi connectivity index (χ4v) is 2.84. The largest absolute Gasteiger partial charge is 0.465 e. The quantitative estimate of drug-likeness (QED) is 0.724. The van der Waals surface area contributed by atoms with Gasteiger partial charge in [-0.05, 0) is 39.9 Å². The van der Waals surface area contributed by atoms with Crippen molar-refractivity contribution >= 4 is 17.7 Å². The van der Waals surface area contributed by atoms with Crippen molar-refractivity contribution in [1.82, 2.24) is 5.32 Å². The van der Waals surface area contributed by atoms with E-state index in [0.717, 1.165) is 12.2 Å². The van der Waals surface area contributed by atoms with Gasteiger partial charge in [0.15, 0.2) is 0 Å². The zero-order valence-electron chi connectivity index (χ0n) is 12.9. The maximum atomic E-state index is 12.1. The van der Waals surface area contributed by atoms with Gasteiger partial charge in [-0.2, -0.15) is 11.8 Å². The van der Waals surface area contributed by atoms with E-state index in [4.69, 9.17) is 4.74 Å². The molecule has 0 fully saturated rings. The van der Waals surface area contributed by atoms with E-state index in [1.165, 1.54) is 0 Å². The van der Waals surface area contributed by atoms with Crippen molar-refractivity contribution in [2.45, 2.75) is 71.2 Å². The Bertz CT molecular complexity index is 261. The fourth-order valence-electron chi connectivity index (χ4n) is 1.72. The van der Waals surface area contributed by atoms with Crippen LogP contribution in [0.15, 0.2) is 0 Å². The highest BCUT2D eigenvalue weighted by Gasteiger charge is 2.35. The number of ether oxygens (including phenoxy) is 1. The summed E-state index contributed by atoms with van der Waals surface area (Å²) < 4.78 is 5.41. The molecule has 1 atom stereocenters. The Kier molecular flexibility index (Phi) is 7.30. The van der Waals surface area contributed by atoms with Crippen LogP contribution in [0.25, 0.3) is 0 Å². The van der Waals surface area contributed by atoms with E-state index in [0.29, 0.717) is 6.61 Å². The molecule has 3 nitrogen and oxygen atoms in total. The average molecular weight is 275 g/mol. The zero-order chi connectivity index (χ0) is 14.4. The second kappa shape index (κ2) is 7.39. The lowest BCUT2D eigenvalue weighted by Gasteiger charge is -2.31. The highest BCUT2D eigenvalue weighted by molar-refractivity contribution is 8.00. The Morgan fingerprint density at radius 3 is 2.22 bits per heavy atom. The van der Waals surface area contributed by atoms with Crippen LogP contribution in [0.2, 0.25) is 0 Å². The number of nitrogens with one attached hydrogen (secondary N) is 1. The van der Waals surface area contributed by atoms with Crippen LogP contribution in [-0.2, 0) is 9.53 Å². The summed E-state index contributed by atoms with van der Waals surface area (Å²) in [7, 11) is 0. The summed E-state index contributed by atoms with van der Waals surface area (Å²) in [4.78, 5) is 12.1. The van der Waals surface area contributed by atoms with Crippen LogP contribution in [0.5, 0.6) is 0 Å². The summed E-state index contributed by atoms with van der Waals surface area (Å²) in [5.41, 5.74) is -0.581. The molecular weight excluding hydrogens is 246 g/mol. The molecule has 1 unspecified atom stereocenters. The minimum atomic E-state index is -0.581. The summed E-state index contributed by atoms with van der Waals surface area (Å²) in [5.74, 6) is 0.798. The smallest absolute Gasteiger partial charge is 0.326 e. The molecule has 0 aliphatic rings. The number of thioether (sulfide) groups is 1. The van der Waals surface area contributed by atoms with E-state index < -0.39 is 5.54 Å². The summed E-state index contributed by atoms with van der Waals surface area (Å²) in [6.45, 7) is 14.9. The van der Waals surface area contributed by atoms with Crippen molar-refractivity contribution in [2.75, 3.05) is 12.4 Å². The maximum Gasteiger partial charge on any atom is 0.326 e. The molecule has 0 aromatic carbocycles. The minimum Gasteiger partial charge on any atom is -0.465 e. The molecule has 0 aliphatic carbocycles. The number of carbonyl (C=O) groups excluding carboxylic acids is 1. The van der Waals surface area contributed by atoms with Gasteiger partial charge in [0.1, 0.15) is 5.54 Å². The molecule has 0 aromatic heterocycles. The SMILES string of the molecule is CCOC(=O)C(C)(CCSC(C)(C)C)NC(C)C. The number of hydrogen-bond acceptors (Lipinski definition) is 4. The van der Waals surface area contributed by atoms with Crippen molar-refractivity contribution in [2.24, 2.45) is 0 Å². The van der Waals surface area contributed by atoms with Gasteiger partial charge in [0.2, 0.25) is 0 Å². The van der Waals surface area contributed by atoms with Gasteiger partial charge >= 0.3 is 5.97 Å². The van der Waals surface area contributed by atoms with Gasteiger partial charge in [-0.15, -0.1) is 0 Å². The maximum absolute atomic E-state index is 12.1. The molecule has 0 radical (unpaired) electrons. The zero-order valence-corrected chi connectivity index (χ0v) is 13.7. The Labute approximate surface area is 116 Å². The summed E-state index contributed by atoms with van der Waals surface area (Å²) in [6, 6.07) is 0.263. The molecule has 1 N–H and O–H groups in total. The molecule has 0 saturated heterocycles. The van der Waals surface area contributed by atoms with Crippen molar-refractivity contribution in [3.8, 4) is 0 Å². The van der Waals surface area contributed by atoms with Crippen molar-refractivity contribution in [3.63, 3.8) is 0 Å². The van der Waals surface area contributed by atoms with Gasteiger partial charge in [0, 0.05) is 10.8 Å². The van der Waals surface area contributed by atoms with E-state index >= 15 is 0 Å². The number of rotatable bonds is 7. The monoisotopic (exact) mass is 275 g/mol. The highest BCUT2D eigenvalue weighted by atomic mass is 32.2. The van der Waals surface area contributed by atoms with Gasteiger partial charge in [-0.3, -0.25) is 10.1 Å². The lowest BCUT2D eigenvalue weighted by Crippen LogP contribution is -2.53. The molecule has 0 spiro atoms. The van der Waals surface area contributed by atoms with Crippen LogP contribution >= 0.6 is 11.8 Å². The molecule has 18 heavy (non-hydrogen) atoms. The van der Waals surface area contributed by atoms with Crippen LogP contribution < -0.4 is 5.32 Å². The van der Waals surface area contributed by atoms with Crippen LogP contribution in [-0.4, -0.2) is 34.7 Å². The first kappa shape index (κ1) is 17.8. The molecule has 0 bridgehead atoms. The number of hydrogen-bond donors (Lipinski definition) is 1. The lowest BCUT2D eigenvalue weighted by atomic mass is 9.98. The number of esters is 1. The van der Waals surface area contributed by atoms with Crippen LogP contribution in [0.4, 0.5) is 0 Å². The third kappa shape index (κ3) is 7.27. The Morgan fingerprint density at radius 1 is 1.28 bits per heavy atom. The third-order valence-electron chi connectivity index (χ3n) is 2.47. The summed E-state index contributed by atoms with van der Waals surface area (Å²) in [6.07, 6.45) is 0.784. The van der Waals surface area contributed by atoms with E-state index in [1.807, 2.05) is 39.5 Å². The third-order valence-corrected chi connectivity index (χ3v) is 3.74. The summed E-state index contributed by atoms with van der Waals surface area (Å²) >= 11 is 1.88. The Morgan fingerprint density at radius 2 is 1.83 bits per heavy atom. The Hall–Kier alpha value is -0.220. The lowest BCUT2D eigenvalue weighted by molar-refractivity contribution is -0.150. The first-order chi connectivity index (χ1) is 8.10. The second-order valence-corrected chi connectivity index (χ2v) is 7.98. The van der Waals surface area contributed by atoms with Gasteiger partial charge in [0.25, 0.3) is 0 Å². The van der Waals surface area contributed by atoms with Crippen molar-refractivity contribution in [3.05, 3.63) is 0 Å². The fraction of sp³-hybridized carbons (Fsp3) is 0.929. The van der Waals surface area contributed by atoms with E-state index in [-0.39, 0.29) is 16.8 Å². The first-order valence-electron chi connectivity index (χ1n) is 6.69. The first-order valence-corrected chi connectivity index (χ1v) is 7.68.